The summed E-state index contributed by atoms with van der Waals surface area (Å²) in [7, 11) is 0. The monoisotopic (exact) mass is 504 g/mol. The summed E-state index contributed by atoms with van der Waals surface area (Å²) in [6.45, 7) is 4.44. The molecule has 5 nitrogen and oxygen atoms in total. The first-order valence-electron chi connectivity index (χ1n) is 14.4. The van der Waals surface area contributed by atoms with Gasteiger partial charge in [0.2, 0.25) is 11.8 Å². The molecule has 0 bridgehead atoms. The molecule has 2 aromatic rings. The second-order valence-electron chi connectivity index (χ2n) is 10.3. The van der Waals surface area contributed by atoms with Crippen molar-refractivity contribution in [2.24, 2.45) is 0 Å². The van der Waals surface area contributed by atoms with Gasteiger partial charge in [-0.05, 0) is 55.0 Å². The predicted octanol–water partition coefficient (Wildman–Crippen LogP) is 8.38. The number of amides is 4. The number of benzene rings is 2. The maximum absolute atomic E-state index is 13.6. The Morgan fingerprint density at radius 3 is 1.84 bits per heavy atom. The van der Waals surface area contributed by atoms with Gasteiger partial charge in [0.25, 0.3) is 0 Å². The van der Waals surface area contributed by atoms with Gasteiger partial charge in [-0.3, -0.25) is 9.59 Å². The average Bonchev–Trinajstić information content (AvgIpc) is 2.89. The first-order chi connectivity index (χ1) is 18.1. The summed E-state index contributed by atoms with van der Waals surface area (Å²) in [5, 5.41) is 0. The Balaban J connectivity index is 1.81. The van der Waals surface area contributed by atoms with Crippen LogP contribution in [-0.2, 0) is 22.4 Å². The van der Waals surface area contributed by atoms with Crippen molar-refractivity contribution in [3.05, 3.63) is 59.7 Å². The third-order valence-electron chi connectivity index (χ3n) is 7.21. The number of barbiturate groups is 1. The Morgan fingerprint density at radius 2 is 1.19 bits per heavy atom. The Morgan fingerprint density at radius 1 is 0.622 bits per heavy atom. The number of rotatable bonds is 16. The molecule has 200 valence electrons. The normalized spacial score (nSPS) is 14.1. The molecule has 0 aliphatic carbocycles. The first-order valence-corrected chi connectivity index (χ1v) is 14.4. The maximum Gasteiger partial charge on any atom is 0.342 e. The number of anilines is 2. The topological polar surface area (TPSA) is 57.7 Å². The lowest BCUT2D eigenvalue weighted by molar-refractivity contribution is -0.126. The zero-order chi connectivity index (χ0) is 26.5. The molecule has 1 heterocycles. The third-order valence-corrected chi connectivity index (χ3v) is 7.21. The molecule has 0 spiro atoms. The average molecular weight is 505 g/mol. The smallest absolute Gasteiger partial charge is 0.273 e. The van der Waals surface area contributed by atoms with E-state index < -0.39 is 17.8 Å². The van der Waals surface area contributed by atoms with E-state index in [0.29, 0.717) is 11.4 Å². The molecule has 1 saturated heterocycles. The fraction of sp³-hybridized carbons (Fsp3) is 0.531. The third kappa shape index (κ3) is 8.28. The van der Waals surface area contributed by atoms with Crippen LogP contribution in [-0.4, -0.2) is 17.8 Å². The van der Waals surface area contributed by atoms with E-state index in [9.17, 15) is 14.4 Å². The molecule has 0 radical (unpaired) electrons. The Bertz CT molecular complexity index is 1020. The lowest BCUT2D eigenvalue weighted by Gasteiger charge is -2.34. The van der Waals surface area contributed by atoms with E-state index in [1.54, 1.807) is 24.3 Å². The summed E-state index contributed by atoms with van der Waals surface area (Å²) in [4.78, 5) is 41.9. The van der Waals surface area contributed by atoms with E-state index in [1.165, 1.54) is 62.7 Å². The second kappa shape index (κ2) is 15.3. The van der Waals surface area contributed by atoms with E-state index >= 15 is 0 Å². The highest BCUT2D eigenvalue weighted by molar-refractivity contribution is 6.35. The fourth-order valence-electron chi connectivity index (χ4n) is 5.06. The van der Waals surface area contributed by atoms with E-state index in [-0.39, 0.29) is 6.42 Å². The summed E-state index contributed by atoms with van der Waals surface area (Å²) in [5.41, 5.74) is 3.29. The van der Waals surface area contributed by atoms with Gasteiger partial charge in [0.15, 0.2) is 0 Å². The number of para-hydroxylation sites is 1. The minimum absolute atomic E-state index is 0.307. The number of hydrogen-bond donors (Lipinski definition) is 0. The van der Waals surface area contributed by atoms with Crippen LogP contribution < -0.4 is 9.80 Å². The van der Waals surface area contributed by atoms with Crippen LogP contribution >= 0.6 is 0 Å². The van der Waals surface area contributed by atoms with Crippen molar-refractivity contribution < 1.29 is 14.4 Å². The summed E-state index contributed by atoms with van der Waals surface area (Å²) in [6, 6.07) is 14.6. The maximum atomic E-state index is 13.6. The summed E-state index contributed by atoms with van der Waals surface area (Å²) >= 11 is 0. The molecule has 37 heavy (non-hydrogen) atoms. The highest BCUT2D eigenvalue weighted by Gasteiger charge is 2.40. The van der Waals surface area contributed by atoms with Gasteiger partial charge in [-0.2, -0.15) is 0 Å². The number of nitrogens with zero attached hydrogens (tertiary/aromatic N) is 2. The van der Waals surface area contributed by atoms with E-state index in [4.69, 9.17) is 0 Å². The molecule has 0 aromatic heterocycles. The summed E-state index contributed by atoms with van der Waals surface area (Å²) in [6.07, 6.45) is 15.9. The Hall–Kier alpha value is -2.95. The molecular weight excluding hydrogens is 460 g/mol. The molecule has 2 aromatic carbocycles. The standard InChI is InChI=1S/C32H44N2O3/c1-3-5-7-9-11-14-18-26-22-23-27(19-15-12-10-8-6-4-2)29(24-26)34-31(36)25-30(35)33(32(34)37)28-20-16-13-17-21-28/h13,16-17,20-24H,3-12,14-15,18-19,25H2,1-2H3. The minimum atomic E-state index is -0.576. The second-order valence-corrected chi connectivity index (χ2v) is 10.3. The lowest BCUT2D eigenvalue weighted by Crippen LogP contribution is -2.56. The van der Waals surface area contributed by atoms with Gasteiger partial charge in [-0.1, -0.05) is 108 Å². The van der Waals surface area contributed by atoms with Crippen LogP contribution in [0.3, 0.4) is 0 Å². The molecular formula is C32H44N2O3. The molecule has 5 heteroatoms. The van der Waals surface area contributed by atoms with E-state index in [1.807, 2.05) is 12.1 Å². The molecule has 0 unspecified atom stereocenters. The number of carbonyl (C=O) groups is 3. The SMILES string of the molecule is CCCCCCCCc1ccc(CCCCCCCC)c(N2C(=O)CC(=O)N(c3ccccc3)C2=O)c1. The van der Waals surface area contributed by atoms with Gasteiger partial charge in [0.05, 0.1) is 11.4 Å². The molecule has 0 N–H and O–H groups in total. The zero-order valence-corrected chi connectivity index (χ0v) is 22.8. The van der Waals surface area contributed by atoms with Gasteiger partial charge in [0.1, 0.15) is 6.42 Å². The van der Waals surface area contributed by atoms with Gasteiger partial charge < -0.3 is 0 Å². The molecule has 1 aliphatic heterocycles. The van der Waals surface area contributed by atoms with Gasteiger partial charge in [0, 0.05) is 0 Å². The van der Waals surface area contributed by atoms with Crippen LogP contribution in [0.15, 0.2) is 48.5 Å². The van der Waals surface area contributed by atoms with Gasteiger partial charge in [-0.25, -0.2) is 14.6 Å². The van der Waals surface area contributed by atoms with Crippen molar-refractivity contribution in [3.63, 3.8) is 0 Å². The number of unbranched alkanes of at least 4 members (excludes halogenated alkanes) is 10. The molecule has 0 atom stereocenters. The quantitative estimate of drug-likeness (QED) is 0.170. The minimum Gasteiger partial charge on any atom is -0.273 e. The Labute approximate surface area is 223 Å². The highest BCUT2D eigenvalue weighted by Crippen LogP contribution is 2.31. The molecule has 3 rings (SSSR count). The van der Waals surface area contributed by atoms with Crippen LogP contribution in [0.4, 0.5) is 16.2 Å². The summed E-state index contributed by atoms with van der Waals surface area (Å²) in [5.74, 6) is -0.916. The zero-order valence-electron chi connectivity index (χ0n) is 22.8. The number of aryl methyl sites for hydroxylation is 2. The number of imide groups is 2. The van der Waals surface area contributed by atoms with Crippen molar-refractivity contribution in [1.82, 2.24) is 0 Å². The number of urea groups is 1. The van der Waals surface area contributed by atoms with E-state index in [2.05, 4.69) is 26.0 Å². The van der Waals surface area contributed by atoms with Crippen LogP contribution in [0.5, 0.6) is 0 Å². The van der Waals surface area contributed by atoms with Crippen molar-refractivity contribution in [2.45, 2.75) is 110 Å². The van der Waals surface area contributed by atoms with E-state index in [0.717, 1.165) is 48.1 Å². The fourth-order valence-corrected chi connectivity index (χ4v) is 5.06. The number of hydrogen-bond acceptors (Lipinski definition) is 3. The van der Waals surface area contributed by atoms with Crippen LogP contribution in [0, 0.1) is 0 Å². The van der Waals surface area contributed by atoms with Gasteiger partial charge >= 0.3 is 6.03 Å². The molecule has 0 saturated carbocycles. The van der Waals surface area contributed by atoms with Crippen molar-refractivity contribution in [2.75, 3.05) is 9.80 Å². The lowest BCUT2D eigenvalue weighted by atomic mass is 9.98. The molecule has 1 fully saturated rings. The van der Waals surface area contributed by atoms with Crippen molar-refractivity contribution in [1.29, 1.82) is 0 Å². The van der Waals surface area contributed by atoms with Crippen molar-refractivity contribution >= 4 is 29.2 Å². The van der Waals surface area contributed by atoms with Crippen LogP contribution in [0.1, 0.15) is 108 Å². The first kappa shape index (κ1) is 28.6. The van der Waals surface area contributed by atoms with Gasteiger partial charge in [-0.15, -0.1) is 0 Å². The number of carbonyl (C=O) groups excluding carboxylic acids is 3. The van der Waals surface area contributed by atoms with Crippen LogP contribution in [0.2, 0.25) is 0 Å². The summed E-state index contributed by atoms with van der Waals surface area (Å²) < 4.78 is 0. The largest absolute Gasteiger partial charge is 0.342 e. The van der Waals surface area contributed by atoms with Crippen molar-refractivity contribution in [3.8, 4) is 0 Å². The molecule has 4 amide bonds. The highest BCUT2D eigenvalue weighted by atomic mass is 16.2. The van der Waals surface area contributed by atoms with Crippen LogP contribution in [0.25, 0.3) is 0 Å². The molecule has 1 aliphatic rings. The predicted molar refractivity (Wildman–Crippen MR) is 152 cm³/mol. The Kier molecular flexibility index (Phi) is 11.9.